The molecule has 1 aliphatic carbocycles. The second-order valence-electron chi connectivity index (χ2n) is 7.45. The molecule has 0 aliphatic heterocycles. The number of fused-ring (bicyclic) bond motifs is 2. The Morgan fingerprint density at radius 3 is 1.69 bits per heavy atom. The molecule has 0 radical (unpaired) electrons. The largest absolute Gasteiger partial charge is 0.426 e. The minimum absolute atomic E-state index is 0.0602. The van der Waals surface area contributed by atoms with Gasteiger partial charge < -0.3 is 9.47 Å². The minimum Gasteiger partial charge on any atom is -0.426 e. The summed E-state index contributed by atoms with van der Waals surface area (Å²) in [7, 11) is 0. The molecule has 0 saturated heterocycles. The fourth-order valence-electron chi connectivity index (χ4n) is 3.70. The van der Waals surface area contributed by atoms with Crippen LogP contribution in [-0.4, -0.2) is 23.5 Å². The van der Waals surface area contributed by atoms with Gasteiger partial charge in [-0.25, -0.2) is 0 Å². The van der Waals surface area contributed by atoms with E-state index in [0.717, 1.165) is 0 Å². The molecule has 0 N–H and O–H groups in total. The Morgan fingerprint density at radius 2 is 1.31 bits per heavy atom. The molecule has 29 heavy (non-hydrogen) atoms. The highest BCUT2D eigenvalue weighted by Crippen LogP contribution is 2.44. The molecule has 0 bridgehead atoms. The van der Waals surface area contributed by atoms with Crippen molar-refractivity contribution >= 4 is 23.5 Å². The molecule has 0 amide bonds. The SMILES string of the molecule is CC(=O)Oc1cccc2c1C(=O)c1c(OC(C)=O)cccc1C2C(=O)CC(C)C. The van der Waals surface area contributed by atoms with Gasteiger partial charge in [-0.2, -0.15) is 0 Å². The lowest BCUT2D eigenvalue weighted by Crippen LogP contribution is -2.27. The van der Waals surface area contributed by atoms with Crippen LogP contribution < -0.4 is 9.47 Å². The average Bonchev–Trinajstić information content (AvgIpc) is 2.60. The number of ether oxygens (including phenoxy) is 2. The summed E-state index contributed by atoms with van der Waals surface area (Å²) >= 11 is 0. The van der Waals surface area contributed by atoms with Crippen LogP contribution in [0.25, 0.3) is 0 Å². The van der Waals surface area contributed by atoms with Crippen LogP contribution in [0.1, 0.15) is 67.1 Å². The van der Waals surface area contributed by atoms with Gasteiger partial charge in [0.2, 0.25) is 5.78 Å². The van der Waals surface area contributed by atoms with Gasteiger partial charge in [-0.15, -0.1) is 0 Å². The standard InChI is InChI=1S/C23H22O6/c1-12(2)11-17(26)20-15-7-5-9-18(28-13(3)24)21(15)23(27)22-16(20)8-6-10-19(22)29-14(4)25/h5-10,12,20H,11H2,1-4H3. The second kappa shape index (κ2) is 7.99. The maximum Gasteiger partial charge on any atom is 0.308 e. The van der Waals surface area contributed by atoms with Crippen LogP contribution in [0.5, 0.6) is 11.5 Å². The monoisotopic (exact) mass is 394 g/mol. The summed E-state index contributed by atoms with van der Waals surface area (Å²) in [6.45, 7) is 6.37. The number of rotatable bonds is 5. The van der Waals surface area contributed by atoms with Crippen molar-refractivity contribution in [2.24, 2.45) is 5.92 Å². The fraction of sp³-hybridized carbons (Fsp3) is 0.304. The molecule has 2 aromatic carbocycles. The van der Waals surface area contributed by atoms with Crippen LogP contribution in [-0.2, 0) is 14.4 Å². The van der Waals surface area contributed by atoms with Gasteiger partial charge in [-0.1, -0.05) is 38.1 Å². The van der Waals surface area contributed by atoms with Gasteiger partial charge in [0.25, 0.3) is 0 Å². The first kappa shape index (κ1) is 20.5. The summed E-state index contributed by atoms with van der Waals surface area (Å²) < 4.78 is 10.5. The van der Waals surface area contributed by atoms with E-state index in [0.29, 0.717) is 17.5 Å². The summed E-state index contributed by atoms with van der Waals surface area (Å²) in [5.74, 6) is -2.07. The van der Waals surface area contributed by atoms with Crippen molar-refractivity contribution in [2.45, 2.75) is 40.0 Å². The van der Waals surface area contributed by atoms with Crippen LogP contribution >= 0.6 is 0 Å². The van der Waals surface area contributed by atoms with E-state index in [1.54, 1.807) is 24.3 Å². The van der Waals surface area contributed by atoms with Gasteiger partial charge in [0.1, 0.15) is 17.3 Å². The topological polar surface area (TPSA) is 86.7 Å². The Hall–Kier alpha value is -3.28. The average molecular weight is 394 g/mol. The summed E-state index contributed by atoms with van der Waals surface area (Å²) in [5.41, 5.74) is 1.28. The number of hydrogen-bond donors (Lipinski definition) is 0. The number of carbonyl (C=O) groups is 4. The van der Waals surface area contributed by atoms with Crippen molar-refractivity contribution in [1.82, 2.24) is 0 Å². The zero-order chi connectivity index (χ0) is 21.3. The predicted octanol–water partition coefficient (Wildman–Crippen LogP) is 3.83. The molecule has 0 fully saturated rings. The third kappa shape index (κ3) is 3.97. The number of esters is 2. The number of benzene rings is 2. The first-order valence-electron chi connectivity index (χ1n) is 9.40. The third-order valence-corrected chi connectivity index (χ3v) is 4.63. The summed E-state index contributed by atoms with van der Waals surface area (Å²) in [6.07, 6.45) is 0.313. The van der Waals surface area contributed by atoms with Gasteiger partial charge in [0.05, 0.1) is 17.0 Å². The van der Waals surface area contributed by atoms with Gasteiger partial charge in [-0.05, 0) is 29.2 Å². The molecule has 2 aromatic rings. The highest BCUT2D eigenvalue weighted by molar-refractivity contribution is 6.18. The molecular formula is C23H22O6. The van der Waals surface area contributed by atoms with E-state index >= 15 is 0 Å². The van der Waals surface area contributed by atoms with Crippen LogP contribution in [0.15, 0.2) is 36.4 Å². The zero-order valence-electron chi connectivity index (χ0n) is 16.8. The molecule has 0 aromatic heterocycles. The smallest absolute Gasteiger partial charge is 0.308 e. The van der Waals surface area contributed by atoms with Crippen LogP contribution in [0.4, 0.5) is 0 Å². The molecule has 0 heterocycles. The quantitative estimate of drug-likeness (QED) is 0.566. The highest BCUT2D eigenvalue weighted by Gasteiger charge is 2.39. The molecule has 150 valence electrons. The van der Waals surface area contributed by atoms with Crippen molar-refractivity contribution in [2.75, 3.05) is 0 Å². The van der Waals surface area contributed by atoms with Gasteiger partial charge in [0, 0.05) is 20.3 Å². The lowest BCUT2D eigenvalue weighted by atomic mass is 9.73. The van der Waals surface area contributed by atoms with Crippen molar-refractivity contribution in [1.29, 1.82) is 0 Å². The van der Waals surface area contributed by atoms with Gasteiger partial charge in [0.15, 0.2) is 0 Å². The van der Waals surface area contributed by atoms with E-state index < -0.39 is 23.6 Å². The van der Waals surface area contributed by atoms with E-state index in [9.17, 15) is 19.2 Å². The van der Waals surface area contributed by atoms with Gasteiger partial charge in [-0.3, -0.25) is 19.2 Å². The highest BCUT2D eigenvalue weighted by atomic mass is 16.5. The predicted molar refractivity (Wildman–Crippen MR) is 105 cm³/mol. The molecule has 0 spiro atoms. The lowest BCUT2D eigenvalue weighted by molar-refractivity contribution is -0.132. The van der Waals surface area contributed by atoms with Crippen molar-refractivity contribution < 1.29 is 28.7 Å². The Labute approximate surface area is 168 Å². The Kier molecular flexibility index (Phi) is 5.64. The Balaban J connectivity index is 2.28. The zero-order valence-corrected chi connectivity index (χ0v) is 16.8. The van der Waals surface area contributed by atoms with E-state index in [4.69, 9.17) is 9.47 Å². The maximum absolute atomic E-state index is 13.4. The summed E-state index contributed by atoms with van der Waals surface area (Å²) in [6, 6.07) is 9.74. The minimum atomic E-state index is -0.717. The Morgan fingerprint density at radius 1 is 0.862 bits per heavy atom. The first-order chi connectivity index (χ1) is 13.7. The normalized spacial score (nSPS) is 12.9. The summed E-state index contributed by atoms with van der Waals surface area (Å²) in [4.78, 5) is 49.7. The summed E-state index contributed by atoms with van der Waals surface area (Å²) in [5, 5.41) is 0. The molecule has 0 unspecified atom stereocenters. The number of carbonyl (C=O) groups excluding carboxylic acids is 4. The van der Waals surface area contributed by atoms with Crippen molar-refractivity contribution in [3.8, 4) is 11.5 Å². The Bertz CT molecular complexity index is 949. The number of ketones is 2. The molecule has 0 saturated carbocycles. The number of Topliss-reactive ketones (excluding diaryl/α,β-unsaturated/α-hetero) is 1. The molecular weight excluding hydrogens is 372 g/mol. The first-order valence-corrected chi connectivity index (χ1v) is 9.40. The van der Waals surface area contributed by atoms with E-state index in [1.807, 2.05) is 13.8 Å². The van der Waals surface area contributed by atoms with Crippen molar-refractivity contribution in [3.05, 3.63) is 58.7 Å². The van der Waals surface area contributed by atoms with E-state index in [-0.39, 0.29) is 34.3 Å². The van der Waals surface area contributed by atoms with E-state index in [2.05, 4.69) is 0 Å². The third-order valence-electron chi connectivity index (χ3n) is 4.63. The van der Waals surface area contributed by atoms with Crippen molar-refractivity contribution in [3.63, 3.8) is 0 Å². The molecule has 6 nitrogen and oxygen atoms in total. The molecule has 3 rings (SSSR count). The number of hydrogen-bond acceptors (Lipinski definition) is 6. The van der Waals surface area contributed by atoms with Gasteiger partial charge >= 0.3 is 11.9 Å². The second-order valence-corrected chi connectivity index (χ2v) is 7.45. The fourth-order valence-corrected chi connectivity index (χ4v) is 3.70. The van der Waals surface area contributed by atoms with Crippen LogP contribution in [0.2, 0.25) is 0 Å². The molecule has 6 heteroatoms. The van der Waals surface area contributed by atoms with Crippen LogP contribution in [0, 0.1) is 5.92 Å². The molecule has 0 atom stereocenters. The van der Waals surface area contributed by atoms with Crippen LogP contribution in [0.3, 0.4) is 0 Å². The van der Waals surface area contributed by atoms with E-state index in [1.165, 1.54) is 26.0 Å². The maximum atomic E-state index is 13.4. The lowest BCUT2D eigenvalue weighted by Gasteiger charge is -2.29. The molecule has 1 aliphatic rings.